The average Bonchev–Trinajstić information content (AvgIpc) is 3.07. The van der Waals surface area contributed by atoms with Crippen molar-refractivity contribution in [2.75, 3.05) is 0 Å². The number of pyridine rings is 1. The third kappa shape index (κ3) is 2.54. The van der Waals surface area contributed by atoms with E-state index in [4.69, 9.17) is 4.98 Å². The van der Waals surface area contributed by atoms with Gasteiger partial charge in [-0.3, -0.25) is 4.98 Å². The summed E-state index contributed by atoms with van der Waals surface area (Å²) in [6.45, 7) is 0.698. The van der Waals surface area contributed by atoms with E-state index in [-0.39, 0.29) is 0 Å². The zero-order chi connectivity index (χ0) is 17.3. The molecule has 2 heterocycles. The molecule has 3 aromatic carbocycles. The number of aromatic nitrogens is 3. The first kappa shape index (κ1) is 14.8. The first-order valence-electron chi connectivity index (χ1n) is 8.73. The largest absolute Gasteiger partial charge is 0.318 e. The summed E-state index contributed by atoms with van der Waals surface area (Å²) < 4.78 is 2.25. The molecule has 0 fully saturated rings. The van der Waals surface area contributed by atoms with Crippen LogP contribution in [0.2, 0.25) is 0 Å². The second-order valence-electron chi connectivity index (χ2n) is 6.39. The molecule has 0 N–H and O–H groups in total. The van der Waals surface area contributed by atoms with Gasteiger partial charge in [-0.15, -0.1) is 0 Å². The lowest BCUT2D eigenvalue weighted by Gasteiger charge is -2.10. The summed E-state index contributed by atoms with van der Waals surface area (Å²) in [5.74, 6) is 0.975. The molecule has 0 unspecified atom stereocenters. The van der Waals surface area contributed by atoms with Crippen molar-refractivity contribution < 1.29 is 0 Å². The first-order valence-corrected chi connectivity index (χ1v) is 8.73. The van der Waals surface area contributed by atoms with Gasteiger partial charge in [0.2, 0.25) is 0 Å². The maximum absolute atomic E-state index is 4.92. The normalized spacial score (nSPS) is 11.2. The minimum Gasteiger partial charge on any atom is -0.318 e. The number of nitrogens with zero attached hydrogens (tertiary/aromatic N) is 3. The Bertz CT molecular complexity index is 1210. The van der Waals surface area contributed by atoms with Gasteiger partial charge >= 0.3 is 0 Å². The molecule has 0 amide bonds. The van der Waals surface area contributed by atoms with Gasteiger partial charge in [-0.05, 0) is 41.1 Å². The highest BCUT2D eigenvalue weighted by molar-refractivity contribution is 5.88. The summed E-state index contributed by atoms with van der Waals surface area (Å²) in [5, 5.41) is 2.46. The van der Waals surface area contributed by atoms with Crippen molar-refractivity contribution in [2.24, 2.45) is 0 Å². The van der Waals surface area contributed by atoms with Gasteiger partial charge in [0.15, 0.2) is 0 Å². The minimum atomic E-state index is 0.698. The lowest BCUT2D eigenvalue weighted by atomic mass is 10.1. The minimum absolute atomic E-state index is 0.698. The smallest absolute Gasteiger partial charge is 0.141 e. The molecule has 124 valence electrons. The maximum Gasteiger partial charge on any atom is 0.141 e. The van der Waals surface area contributed by atoms with Crippen molar-refractivity contribution in [3.8, 4) is 11.4 Å². The molecule has 0 aliphatic heterocycles. The van der Waals surface area contributed by atoms with Crippen molar-refractivity contribution in [1.82, 2.24) is 14.5 Å². The molecule has 0 spiro atoms. The van der Waals surface area contributed by atoms with Crippen LogP contribution in [0.4, 0.5) is 0 Å². The number of para-hydroxylation sites is 2. The Morgan fingerprint density at radius 3 is 2.42 bits per heavy atom. The number of hydrogen-bond acceptors (Lipinski definition) is 2. The van der Waals surface area contributed by atoms with Crippen LogP contribution in [0.25, 0.3) is 33.2 Å². The number of hydrogen-bond donors (Lipinski definition) is 0. The highest BCUT2D eigenvalue weighted by Crippen LogP contribution is 2.28. The fourth-order valence-electron chi connectivity index (χ4n) is 3.44. The van der Waals surface area contributed by atoms with Gasteiger partial charge in [0.05, 0.1) is 23.3 Å². The first-order chi connectivity index (χ1) is 12.9. The van der Waals surface area contributed by atoms with E-state index in [2.05, 4.69) is 76.3 Å². The second kappa shape index (κ2) is 6.12. The summed E-state index contributed by atoms with van der Waals surface area (Å²) >= 11 is 0. The Balaban J connectivity index is 1.72. The van der Waals surface area contributed by atoms with Crippen LogP contribution in [0.5, 0.6) is 0 Å². The van der Waals surface area contributed by atoms with E-state index < -0.39 is 0 Å². The molecule has 0 bridgehead atoms. The van der Waals surface area contributed by atoms with Gasteiger partial charge in [0, 0.05) is 11.8 Å². The Morgan fingerprint density at radius 1 is 0.731 bits per heavy atom. The summed E-state index contributed by atoms with van der Waals surface area (Å²) in [4.78, 5) is 9.42. The number of imidazole rings is 1. The monoisotopic (exact) mass is 335 g/mol. The quantitative estimate of drug-likeness (QED) is 0.448. The fourth-order valence-corrected chi connectivity index (χ4v) is 3.44. The van der Waals surface area contributed by atoms with Crippen LogP contribution < -0.4 is 0 Å². The Kier molecular flexibility index (Phi) is 3.49. The van der Waals surface area contributed by atoms with Crippen LogP contribution in [0.15, 0.2) is 91.1 Å². The number of benzene rings is 3. The summed E-state index contributed by atoms with van der Waals surface area (Å²) in [5.41, 5.74) is 4.28. The van der Waals surface area contributed by atoms with Gasteiger partial charge in [-0.2, -0.15) is 0 Å². The maximum atomic E-state index is 4.92. The van der Waals surface area contributed by atoms with E-state index >= 15 is 0 Å². The molecule has 0 saturated heterocycles. The zero-order valence-electron chi connectivity index (χ0n) is 14.2. The topological polar surface area (TPSA) is 30.7 Å². The summed E-state index contributed by atoms with van der Waals surface area (Å²) in [6.07, 6.45) is 1.84. The Labute approximate surface area is 151 Å². The molecule has 26 heavy (non-hydrogen) atoms. The Morgan fingerprint density at radius 2 is 1.54 bits per heavy atom. The van der Waals surface area contributed by atoms with E-state index in [1.165, 1.54) is 10.8 Å². The number of fused-ring (bicyclic) bond motifs is 2. The van der Waals surface area contributed by atoms with Crippen LogP contribution in [-0.4, -0.2) is 14.5 Å². The molecular weight excluding hydrogens is 318 g/mol. The van der Waals surface area contributed by atoms with Crippen LogP contribution >= 0.6 is 0 Å². The predicted octanol–water partition coefficient (Wildman–Crippen LogP) is 5.30. The van der Waals surface area contributed by atoms with E-state index in [0.29, 0.717) is 6.54 Å². The second-order valence-corrected chi connectivity index (χ2v) is 6.39. The van der Waals surface area contributed by atoms with Crippen LogP contribution in [-0.2, 0) is 6.54 Å². The van der Waals surface area contributed by atoms with Gasteiger partial charge in [-0.1, -0.05) is 54.6 Å². The van der Waals surface area contributed by atoms with Crippen molar-refractivity contribution in [3.63, 3.8) is 0 Å². The molecule has 0 atom stereocenters. The van der Waals surface area contributed by atoms with Crippen LogP contribution in [0.3, 0.4) is 0 Å². The van der Waals surface area contributed by atoms with E-state index in [9.17, 15) is 0 Å². The summed E-state index contributed by atoms with van der Waals surface area (Å²) in [7, 11) is 0. The molecule has 0 aliphatic rings. The third-order valence-corrected chi connectivity index (χ3v) is 4.71. The van der Waals surface area contributed by atoms with E-state index in [0.717, 1.165) is 28.1 Å². The zero-order valence-corrected chi connectivity index (χ0v) is 14.2. The van der Waals surface area contributed by atoms with Gasteiger partial charge in [-0.25, -0.2) is 4.98 Å². The summed E-state index contributed by atoms with van der Waals surface area (Å²) in [6, 6.07) is 29.2. The molecular formula is C23H17N3. The lowest BCUT2D eigenvalue weighted by molar-refractivity contribution is 0.806. The van der Waals surface area contributed by atoms with E-state index in [1.807, 2.05) is 24.4 Å². The van der Waals surface area contributed by atoms with Crippen molar-refractivity contribution in [3.05, 3.63) is 96.8 Å². The van der Waals surface area contributed by atoms with Crippen molar-refractivity contribution in [1.29, 1.82) is 0 Å². The molecule has 0 radical (unpaired) electrons. The molecule has 0 aliphatic carbocycles. The van der Waals surface area contributed by atoms with Crippen LogP contribution in [0, 0.1) is 0 Å². The average molecular weight is 335 g/mol. The molecule has 5 aromatic rings. The lowest BCUT2D eigenvalue weighted by Crippen LogP contribution is -2.03. The fraction of sp³-hybridized carbons (Fsp3) is 0.0435. The van der Waals surface area contributed by atoms with Crippen molar-refractivity contribution >= 4 is 21.8 Å². The number of rotatable bonds is 3. The van der Waals surface area contributed by atoms with Crippen molar-refractivity contribution in [2.45, 2.75) is 6.54 Å². The highest BCUT2D eigenvalue weighted by Gasteiger charge is 2.13. The highest BCUT2D eigenvalue weighted by atomic mass is 15.1. The predicted molar refractivity (Wildman–Crippen MR) is 106 cm³/mol. The SMILES string of the molecule is c1ccc(Cn2c(-c3ccc4ccccc4c3)nc3ccccc32)nc1. The molecule has 3 heteroatoms. The van der Waals surface area contributed by atoms with E-state index in [1.54, 1.807) is 0 Å². The van der Waals surface area contributed by atoms with Crippen LogP contribution in [0.1, 0.15) is 5.69 Å². The molecule has 2 aromatic heterocycles. The van der Waals surface area contributed by atoms with Gasteiger partial charge < -0.3 is 4.57 Å². The molecule has 5 rings (SSSR count). The molecule has 0 saturated carbocycles. The standard InChI is InChI=1S/C23H17N3/c1-2-8-18-15-19(13-12-17(18)7-1)23-25-21-10-3-4-11-22(21)26(23)16-20-9-5-6-14-24-20/h1-15H,16H2. The Hall–Kier alpha value is -3.46. The third-order valence-electron chi connectivity index (χ3n) is 4.71. The van der Waals surface area contributed by atoms with Gasteiger partial charge in [0.1, 0.15) is 5.82 Å². The van der Waals surface area contributed by atoms with Gasteiger partial charge in [0.25, 0.3) is 0 Å². The molecule has 3 nitrogen and oxygen atoms in total.